The lowest BCUT2D eigenvalue weighted by molar-refractivity contribution is -0.148. The third kappa shape index (κ3) is 2.77. The van der Waals surface area contributed by atoms with Gasteiger partial charge in [-0.05, 0) is 12.3 Å². The average molecular weight is 177 g/mol. The summed E-state index contributed by atoms with van der Waals surface area (Å²) in [4.78, 5) is 11.0. The van der Waals surface area contributed by atoms with E-state index in [1.54, 1.807) is 0 Å². The van der Waals surface area contributed by atoms with Crippen LogP contribution < -0.4 is 5.73 Å². The molecule has 0 aliphatic rings. The summed E-state index contributed by atoms with van der Waals surface area (Å²) in [6.07, 6.45) is 0.302. The molecular weight excluding hydrogens is 161 g/mol. The highest BCUT2D eigenvalue weighted by Crippen LogP contribution is 2.16. The van der Waals surface area contributed by atoms with E-state index in [0.717, 1.165) is 0 Å². The molecule has 0 aromatic carbocycles. The second kappa shape index (κ2) is 4.40. The van der Waals surface area contributed by atoms with Gasteiger partial charge in [0.2, 0.25) is 0 Å². The van der Waals surface area contributed by atoms with Crippen molar-refractivity contribution in [3.63, 3.8) is 0 Å². The molecule has 0 saturated heterocycles. The Labute approximate surface area is 72.1 Å². The van der Waals surface area contributed by atoms with Crippen LogP contribution in [0.4, 0.5) is 4.39 Å². The number of esters is 1. The number of rotatable bonds is 4. The van der Waals surface area contributed by atoms with Gasteiger partial charge < -0.3 is 10.5 Å². The molecule has 0 spiro atoms. The minimum atomic E-state index is -1.46. The average Bonchev–Trinajstić information content (AvgIpc) is 2.01. The minimum absolute atomic E-state index is 0.171. The topological polar surface area (TPSA) is 52.3 Å². The first kappa shape index (κ1) is 11.4. The Hall–Kier alpha value is -0.640. The Bertz CT molecular complexity index is 161. The molecule has 4 heteroatoms. The summed E-state index contributed by atoms with van der Waals surface area (Å²) in [5.74, 6) is -0.511. The molecular formula is C8H16FNO2. The first-order valence-corrected chi connectivity index (χ1v) is 3.89. The van der Waals surface area contributed by atoms with E-state index < -0.39 is 18.2 Å². The van der Waals surface area contributed by atoms with Crippen LogP contribution in [0.1, 0.15) is 20.3 Å². The summed E-state index contributed by atoms with van der Waals surface area (Å²) < 4.78 is 16.8. The van der Waals surface area contributed by atoms with Crippen LogP contribution in [-0.2, 0) is 9.53 Å². The molecule has 0 aliphatic carbocycles. The zero-order valence-corrected chi connectivity index (χ0v) is 7.76. The molecule has 0 bridgehead atoms. The van der Waals surface area contributed by atoms with Crippen molar-refractivity contribution < 1.29 is 13.9 Å². The lowest BCUT2D eigenvalue weighted by atomic mass is 9.91. The van der Waals surface area contributed by atoms with Crippen LogP contribution in [0.5, 0.6) is 0 Å². The van der Waals surface area contributed by atoms with Crippen molar-refractivity contribution in [2.75, 3.05) is 13.8 Å². The third-order valence-corrected chi connectivity index (χ3v) is 1.60. The zero-order valence-electron chi connectivity index (χ0n) is 7.76. The highest BCUT2D eigenvalue weighted by Gasteiger charge is 2.35. The van der Waals surface area contributed by atoms with E-state index in [1.807, 2.05) is 13.8 Å². The molecule has 3 nitrogen and oxygen atoms in total. The van der Waals surface area contributed by atoms with Gasteiger partial charge in [0.05, 0.1) is 7.11 Å². The number of hydrogen-bond donors (Lipinski definition) is 1. The van der Waals surface area contributed by atoms with Gasteiger partial charge in [-0.25, -0.2) is 9.18 Å². The Morgan fingerprint density at radius 2 is 2.17 bits per heavy atom. The number of carbonyl (C=O) groups excluding carboxylic acids is 1. The molecule has 0 fully saturated rings. The zero-order chi connectivity index (χ0) is 9.78. The number of methoxy groups -OCH3 is 1. The summed E-state index contributed by atoms with van der Waals surface area (Å²) in [5.41, 5.74) is 4.05. The second-order valence-corrected chi connectivity index (χ2v) is 3.38. The SMILES string of the molecule is COC(=O)C(N)(CF)CC(C)C. The molecule has 0 amide bonds. The fraction of sp³-hybridized carbons (Fsp3) is 0.875. The van der Waals surface area contributed by atoms with Gasteiger partial charge in [0.1, 0.15) is 12.2 Å². The van der Waals surface area contributed by atoms with Crippen molar-refractivity contribution in [1.82, 2.24) is 0 Å². The standard InChI is InChI=1S/C8H16FNO2/c1-6(2)4-8(10,5-9)7(11)12-3/h6H,4-5,10H2,1-3H3. The predicted molar refractivity (Wildman–Crippen MR) is 44.4 cm³/mol. The molecule has 12 heavy (non-hydrogen) atoms. The van der Waals surface area contributed by atoms with Crippen molar-refractivity contribution in [2.45, 2.75) is 25.8 Å². The van der Waals surface area contributed by atoms with Gasteiger partial charge in [0, 0.05) is 0 Å². The van der Waals surface area contributed by atoms with E-state index in [0.29, 0.717) is 6.42 Å². The van der Waals surface area contributed by atoms with Crippen LogP contribution in [0.2, 0.25) is 0 Å². The van der Waals surface area contributed by atoms with E-state index in [2.05, 4.69) is 4.74 Å². The monoisotopic (exact) mass is 177 g/mol. The molecule has 0 rings (SSSR count). The van der Waals surface area contributed by atoms with Crippen molar-refractivity contribution in [1.29, 1.82) is 0 Å². The van der Waals surface area contributed by atoms with Crippen molar-refractivity contribution >= 4 is 5.97 Å². The Morgan fingerprint density at radius 3 is 2.42 bits per heavy atom. The normalized spacial score (nSPS) is 15.8. The fourth-order valence-corrected chi connectivity index (χ4v) is 1.12. The van der Waals surface area contributed by atoms with Crippen LogP contribution in [-0.4, -0.2) is 25.3 Å². The molecule has 1 unspecified atom stereocenters. The third-order valence-electron chi connectivity index (χ3n) is 1.60. The second-order valence-electron chi connectivity index (χ2n) is 3.38. The van der Waals surface area contributed by atoms with E-state index in [-0.39, 0.29) is 5.92 Å². The molecule has 2 N–H and O–H groups in total. The Balaban J connectivity index is 4.33. The van der Waals surface area contributed by atoms with Crippen LogP contribution in [0.25, 0.3) is 0 Å². The van der Waals surface area contributed by atoms with Gasteiger partial charge in [-0.3, -0.25) is 0 Å². The maximum Gasteiger partial charge on any atom is 0.328 e. The van der Waals surface area contributed by atoms with Gasteiger partial charge in [-0.2, -0.15) is 0 Å². The summed E-state index contributed by atoms with van der Waals surface area (Å²) in [5, 5.41) is 0. The van der Waals surface area contributed by atoms with E-state index in [4.69, 9.17) is 5.73 Å². The molecule has 0 radical (unpaired) electrons. The molecule has 0 aliphatic heterocycles. The number of hydrogen-bond acceptors (Lipinski definition) is 3. The minimum Gasteiger partial charge on any atom is -0.468 e. The summed E-state index contributed by atoms with van der Waals surface area (Å²) in [6, 6.07) is 0. The molecule has 0 saturated carbocycles. The van der Waals surface area contributed by atoms with Crippen molar-refractivity contribution in [2.24, 2.45) is 11.7 Å². The van der Waals surface area contributed by atoms with Gasteiger partial charge >= 0.3 is 5.97 Å². The summed E-state index contributed by atoms with van der Waals surface area (Å²) in [7, 11) is 1.21. The number of alkyl halides is 1. The highest BCUT2D eigenvalue weighted by molar-refractivity contribution is 5.80. The van der Waals surface area contributed by atoms with E-state index in [1.165, 1.54) is 7.11 Å². The fourth-order valence-electron chi connectivity index (χ4n) is 1.12. The summed E-state index contributed by atoms with van der Waals surface area (Å²) in [6.45, 7) is 2.87. The molecule has 1 atom stereocenters. The van der Waals surface area contributed by atoms with Crippen LogP contribution in [0, 0.1) is 5.92 Å². The number of carbonyl (C=O) groups is 1. The van der Waals surface area contributed by atoms with E-state index >= 15 is 0 Å². The number of ether oxygens (including phenoxy) is 1. The van der Waals surface area contributed by atoms with Gasteiger partial charge in [0.25, 0.3) is 0 Å². The van der Waals surface area contributed by atoms with Crippen LogP contribution in [0.15, 0.2) is 0 Å². The van der Waals surface area contributed by atoms with E-state index in [9.17, 15) is 9.18 Å². The van der Waals surface area contributed by atoms with Crippen molar-refractivity contribution in [3.8, 4) is 0 Å². The van der Waals surface area contributed by atoms with Gasteiger partial charge in [-0.15, -0.1) is 0 Å². The smallest absolute Gasteiger partial charge is 0.328 e. The summed E-state index contributed by atoms with van der Waals surface area (Å²) >= 11 is 0. The largest absolute Gasteiger partial charge is 0.468 e. The lowest BCUT2D eigenvalue weighted by Gasteiger charge is -2.24. The quantitative estimate of drug-likeness (QED) is 0.648. The maximum absolute atomic E-state index is 12.4. The highest BCUT2D eigenvalue weighted by atomic mass is 19.1. The number of halogens is 1. The molecule has 0 aromatic heterocycles. The Morgan fingerprint density at radius 1 is 1.67 bits per heavy atom. The maximum atomic E-state index is 12.4. The molecule has 0 aromatic rings. The van der Waals surface area contributed by atoms with Crippen LogP contribution >= 0.6 is 0 Å². The van der Waals surface area contributed by atoms with Crippen molar-refractivity contribution in [3.05, 3.63) is 0 Å². The first-order valence-electron chi connectivity index (χ1n) is 3.89. The van der Waals surface area contributed by atoms with Gasteiger partial charge in [0.15, 0.2) is 0 Å². The molecule has 72 valence electrons. The Kier molecular flexibility index (Phi) is 4.17. The number of nitrogens with two attached hydrogens (primary N) is 1. The van der Waals surface area contributed by atoms with Gasteiger partial charge in [-0.1, -0.05) is 13.8 Å². The molecule has 0 heterocycles. The first-order chi connectivity index (χ1) is 5.46. The lowest BCUT2D eigenvalue weighted by Crippen LogP contribution is -2.51. The van der Waals surface area contributed by atoms with Crippen LogP contribution in [0.3, 0.4) is 0 Å². The predicted octanol–water partition coefficient (Wildman–Crippen LogP) is 0.872.